The predicted molar refractivity (Wildman–Crippen MR) is 101 cm³/mol. The van der Waals surface area contributed by atoms with Gasteiger partial charge in [-0.15, -0.1) is 0 Å². The minimum Gasteiger partial charge on any atom is -0.379 e. The fourth-order valence-electron chi connectivity index (χ4n) is 4.05. The van der Waals surface area contributed by atoms with Gasteiger partial charge in [0, 0.05) is 25.2 Å². The Labute approximate surface area is 163 Å². The molecule has 150 valence electrons. The lowest BCUT2D eigenvalue weighted by Gasteiger charge is -2.46. The molecule has 4 rings (SSSR count). The molecule has 9 heteroatoms. The average molecular weight is 387 g/mol. The molecule has 0 aliphatic carbocycles. The normalized spacial score (nSPS) is 30.8. The number of rotatable bonds is 3. The molecule has 0 saturated carbocycles. The number of benzene rings is 1. The number of nitrogens with one attached hydrogen (secondary N) is 4. The first-order valence-corrected chi connectivity index (χ1v) is 9.56. The summed E-state index contributed by atoms with van der Waals surface area (Å²) in [5.41, 5.74) is 1.67. The molecule has 1 aromatic rings. The van der Waals surface area contributed by atoms with Gasteiger partial charge in [-0.05, 0) is 24.6 Å². The van der Waals surface area contributed by atoms with E-state index in [2.05, 4.69) is 26.2 Å². The van der Waals surface area contributed by atoms with Gasteiger partial charge in [0.05, 0.1) is 31.2 Å². The number of hydrogen-bond donors (Lipinski definition) is 4. The van der Waals surface area contributed by atoms with Crippen molar-refractivity contribution in [2.24, 2.45) is 11.8 Å². The zero-order chi connectivity index (χ0) is 19.7. The first-order chi connectivity index (χ1) is 13.5. The summed E-state index contributed by atoms with van der Waals surface area (Å²) in [5, 5.41) is 11.9. The van der Waals surface area contributed by atoms with Gasteiger partial charge in [-0.2, -0.15) is 0 Å². The van der Waals surface area contributed by atoms with Crippen LogP contribution in [0.25, 0.3) is 0 Å². The second-order valence-corrected chi connectivity index (χ2v) is 7.47. The number of nitrogens with zero attached hydrogens (tertiary/aromatic N) is 1. The number of fused-ring (bicyclic) bond motifs is 1. The zero-order valence-corrected chi connectivity index (χ0v) is 15.7. The van der Waals surface area contributed by atoms with Crippen molar-refractivity contribution in [3.05, 3.63) is 29.8 Å². The number of aryl methyl sites for hydroxylation is 1. The number of ether oxygens (including phenoxy) is 1. The van der Waals surface area contributed by atoms with E-state index in [-0.39, 0.29) is 24.1 Å². The first-order valence-electron chi connectivity index (χ1n) is 9.56. The van der Waals surface area contributed by atoms with E-state index in [9.17, 15) is 14.4 Å². The van der Waals surface area contributed by atoms with Gasteiger partial charge in [0.15, 0.2) is 0 Å². The Morgan fingerprint density at radius 1 is 1.21 bits per heavy atom. The molecule has 3 heterocycles. The van der Waals surface area contributed by atoms with Crippen molar-refractivity contribution < 1.29 is 19.1 Å². The molecule has 1 aromatic carbocycles. The summed E-state index contributed by atoms with van der Waals surface area (Å²) in [6, 6.07) is 7.43. The van der Waals surface area contributed by atoms with E-state index < -0.39 is 24.3 Å². The summed E-state index contributed by atoms with van der Waals surface area (Å²) in [6.45, 7) is 4.48. The van der Waals surface area contributed by atoms with Gasteiger partial charge in [0.1, 0.15) is 6.29 Å². The topological polar surface area (TPSA) is 112 Å². The molecule has 0 aromatic heterocycles. The molecule has 4 N–H and O–H groups in total. The largest absolute Gasteiger partial charge is 0.379 e. The number of carbonyl (C=O) groups excluding carboxylic acids is 3. The molecule has 0 bridgehead atoms. The van der Waals surface area contributed by atoms with E-state index in [4.69, 9.17) is 4.74 Å². The summed E-state index contributed by atoms with van der Waals surface area (Å²) in [4.78, 5) is 40.0. The van der Waals surface area contributed by atoms with Crippen molar-refractivity contribution in [3.63, 3.8) is 0 Å². The maximum Gasteiger partial charge on any atom is 0.229 e. The molecule has 0 spiro atoms. The van der Waals surface area contributed by atoms with Crippen molar-refractivity contribution in [2.45, 2.75) is 25.8 Å². The highest BCUT2D eigenvalue weighted by Gasteiger charge is 2.49. The van der Waals surface area contributed by atoms with E-state index in [1.165, 1.54) is 0 Å². The van der Waals surface area contributed by atoms with Crippen molar-refractivity contribution >= 4 is 23.4 Å². The van der Waals surface area contributed by atoms with Gasteiger partial charge in [-0.1, -0.05) is 12.1 Å². The number of hydrogen-bond acceptors (Lipinski definition) is 6. The molecule has 3 saturated heterocycles. The Balaban J connectivity index is 1.49. The highest BCUT2D eigenvalue weighted by Crippen LogP contribution is 2.28. The minimum atomic E-state index is -0.739. The van der Waals surface area contributed by atoms with Gasteiger partial charge in [0.25, 0.3) is 0 Å². The summed E-state index contributed by atoms with van der Waals surface area (Å²) < 4.78 is 5.35. The second-order valence-electron chi connectivity index (χ2n) is 7.47. The minimum absolute atomic E-state index is 0.0177. The van der Waals surface area contributed by atoms with Crippen LogP contribution in [0.5, 0.6) is 0 Å². The van der Waals surface area contributed by atoms with E-state index >= 15 is 0 Å². The first kappa shape index (κ1) is 18.9. The van der Waals surface area contributed by atoms with Crippen molar-refractivity contribution in [1.29, 1.82) is 0 Å². The third-order valence-corrected chi connectivity index (χ3v) is 5.47. The predicted octanol–water partition coefficient (Wildman–Crippen LogP) is -0.653. The monoisotopic (exact) mass is 387 g/mol. The Morgan fingerprint density at radius 2 is 2.00 bits per heavy atom. The van der Waals surface area contributed by atoms with Crippen molar-refractivity contribution in [2.75, 3.05) is 31.6 Å². The van der Waals surface area contributed by atoms with E-state index in [1.807, 2.05) is 25.1 Å². The summed E-state index contributed by atoms with van der Waals surface area (Å²) in [7, 11) is 0. The summed E-state index contributed by atoms with van der Waals surface area (Å²) >= 11 is 0. The van der Waals surface area contributed by atoms with E-state index in [1.54, 1.807) is 6.07 Å². The van der Waals surface area contributed by atoms with Crippen LogP contribution in [0.15, 0.2) is 24.3 Å². The number of morpholine rings is 1. The van der Waals surface area contributed by atoms with Crippen LogP contribution in [0.2, 0.25) is 0 Å². The third kappa shape index (κ3) is 3.87. The number of amides is 3. The standard InChI is InChI=1S/C19H25N5O4/c1-11-3-2-4-12(9-11)20-17(26)13-10-14(25)21-16-15(13)18(27)23-19(22-16)24-5-7-28-8-6-24/h2-4,9,13,15-16,19,22H,5-8,10H2,1H3,(H,20,26)(H,21,25)(H,23,27). The van der Waals surface area contributed by atoms with Crippen LogP contribution in [-0.2, 0) is 19.1 Å². The molecule has 3 fully saturated rings. The lowest BCUT2D eigenvalue weighted by molar-refractivity contribution is -0.148. The van der Waals surface area contributed by atoms with Gasteiger partial charge in [-0.3, -0.25) is 24.6 Å². The summed E-state index contributed by atoms with van der Waals surface area (Å²) in [5.74, 6) is -2.20. The molecule has 9 nitrogen and oxygen atoms in total. The zero-order valence-electron chi connectivity index (χ0n) is 15.7. The van der Waals surface area contributed by atoms with E-state index in [0.29, 0.717) is 32.0 Å². The highest BCUT2D eigenvalue weighted by atomic mass is 16.5. The van der Waals surface area contributed by atoms with Crippen LogP contribution in [-0.4, -0.2) is 61.4 Å². The van der Waals surface area contributed by atoms with Crippen LogP contribution >= 0.6 is 0 Å². The SMILES string of the molecule is Cc1cccc(NC(=O)C2CC(=O)NC3NC(N4CCOCC4)NC(=O)C32)c1. The lowest BCUT2D eigenvalue weighted by Crippen LogP contribution is -2.74. The number of anilines is 1. The maximum absolute atomic E-state index is 12.9. The molecular formula is C19H25N5O4. The quantitative estimate of drug-likeness (QED) is 0.548. The smallest absolute Gasteiger partial charge is 0.229 e. The summed E-state index contributed by atoms with van der Waals surface area (Å²) in [6.07, 6.45) is -0.997. The molecule has 3 aliphatic heterocycles. The molecule has 3 aliphatic rings. The Kier molecular flexibility index (Phi) is 5.29. The highest BCUT2D eigenvalue weighted by molar-refractivity contribution is 6.00. The maximum atomic E-state index is 12.9. The molecule has 0 radical (unpaired) electrons. The Morgan fingerprint density at radius 3 is 2.75 bits per heavy atom. The molecular weight excluding hydrogens is 362 g/mol. The fraction of sp³-hybridized carbons (Fsp3) is 0.526. The van der Waals surface area contributed by atoms with Crippen LogP contribution in [0.4, 0.5) is 5.69 Å². The van der Waals surface area contributed by atoms with Crippen LogP contribution in [0.1, 0.15) is 12.0 Å². The average Bonchev–Trinajstić information content (AvgIpc) is 2.67. The Hall–Kier alpha value is -2.49. The van der Waals surface area contributed by atoms with Gasteiger partial charge in [0.2, 0.25) is 17.7 Å². The molecule has 4 unspecified atom stereocenters. The lowest BCUT2D eigenvalue weighted by atomic mass is 9.81. The fourth-order valence-corrected chi connectivity index (χ4v) is 4.05. The second kappa shape index (κ2) is 7.86. The Bertz CT molecular complexity index is 779. The molecule has 4 atom stereocenters. The van der Waals surface area contributed by atoms with Crippen LogP contribution in [0, 0.1) is 18.8 Å². The van der Waals surface area contributed by atoms with E-state index in [0.717, 1.165) is 5.56 Å². The number of carbonyl (C=O) groups is 3. The van der Waals surface area contributed by atoms with Gasteiger partial charge in [-0.25, -0.2) is 0 Å². The molecule has 28 heavy (non-hydrogen) atoms. The van der Waals surface area contributed by atoms with Gasteiger partial charge < -0.3 is 20.7 Å². The van der Waals surface area contributed by atoms with Gasteiger partial charge >= 0.3 is 0 Å². The van der Waals surface area contributed by atoms with Crippen LogP contribution in [0.3, 0.4) is 0 Å². The molecule has 3 amide bonds. The van der Waals surface area contributed by atoms with Crippen molar-refractivity contribution in [3.8, 4) is 0 Å². The number of piperidine rings is 1. The third-order valence-electron chi connectivity index (χ3n) is 5.47. The van der Waals surface area contributed by atoms with Crippen molar-refractivity contribution in [1.82, 2.24) is 20.9 Å². The van der Waals surface area contributed by atoms with Crippen LogP contribution < -0.4 is 21.3 Å².